The van der Waals surface area contributed by atoms with Gasteiger partial charge in [0.2, 0.25) is 0 Å². The van der Waals surface area contributed by atoms with E-state index < -0.39 is 9.84 Å². The topological polar surface area (TPSA) is 60.2 Å². The number of hydrogen-bond acceptors (Lipinski definition) is 4. The summed E-state index contributed by atoms with van der Waals surface area (Å²) in [5.41, 5.74) is 7.12. The summed E-state index contributed by atoms with van der Waals surface area (Å²) in [5, 5.41) is 0. The van der Waals surface area contributed by atoms with Crippen molar-refractivity contribution < 1.29 is 8.42 Å². The van der Waals surface area contributed by atoms with Crippen molar-refractivity contribution in [2.75, 3.05) is 6.26 Å². The largest absolute Gasteiger partial charge is 0.324 e. The summed E-state index contributed by atoms with van der Waals surface area (Å²) < 4.78 is 22.8. The minimum absolute atomic E-state index is 0.0816. The molecule has 0 radical (unpaired) electrons. The molecule has 0 heterocycles. The highest BCUT2D eigenvalue weighted by molar-refractivity contribution is 7.99. The van der Waals surface area contributed by atoms with Gasteiger partial charge in [-0.3, -0.25) is 0 Å². The van der Waals surface area contributed by atoms with Gasteiger partial charge in [0.15, 0.2) is 9.84 Å². The van der Waals surface area contributed by atoms with Gasteiger partial charge in [0, 0.05) is 22.1 Å². The van der Waals surface area contributed by atoms with E-state index in [-0.39, 0.29) is 6.04 Å². The van der Waals surface area contributed by atoms with Crippen molar-refractivity contribution in [3.05, 3.63) is 54.1 Å². The molecule has 112 valence electrons. The standard InChI is InChI=1S/C16H19NO2S2/c1-3-16(17)12-4-6-13(7-5-12)20-14-8-10-15(11-9-14)21(2,18)19/h4-11,16H,3,17H2,1-2H3/t16-/m0/s1. The Kier molecular flexibility index (Phi) is 5.08. The summed E-state index contributed by atoms with van der Waals surface area (Å²) in [6.07, 6.45) is 2.13. The summed E-state index contributed by atoms with van der Waals surface area (Å²) in [6.45, 7) is 2.07. The van der Waals surface area contributed by atoms with Crippen molar-refractivity contribution in [2.45, 2.75) is 34.1 Å². The van der Waals surface area contributed by atoms with Crippen molar-refractivity contribution in [2.24, 2.45) is 5.73 Å². The van der Waals surface area contributed by atoms with E-state index in [4.69, 9.17) is 5.73 Å². The molecule has 0 saturated carbocycles. The molecule has 0 aliphatic heterocycles. The molecule has 1 atom stereocenters. The monoisotopic (exact) mass is 321 g/mol. The van der Waals surface area contributed by atoms with Crippen molar-refractivity contribution in [3.63, 3.8) is 0 Å². The first-order valence-electron chi connectivity index (χ1n) is 6.73. The minimum Gasteiger partial charge on any atom is -0.324 e. The summed E-state index contributed by atoms with van der Waals surface area (Å²) >= 11 is 1.60. The van der Waals surface area contributed by atoms with Crippen LogP contribution in [-0.4, -0.2) is 14.7 Å². The van der Waals surface area contributed by atoms with E-state index in [1.807, 2.05) is 36.4 Å². The Bertz CT molecular complexity index is 692. The average molecular weight is 321 g/mol. The van der Waals surface area contributed by atoms with E-state index in [0.717, 1.165) is 21.8 Å². The van der Waals surface area contributed by atoms with Crippen LogP contribution >= 0.6 is 11.8 Å². The van der Waals surface area contributed by atoms with E-state index in [1.54, 1.807) is 23.9 Å². The molecular weight excluding hydrogens is 302 g/mol. The first kappa shape index (κ1) is 16.1. The fraction of sp³-hybridized carbons (Fsp3) is 0.250. The lowest BCUT2D eigenvalue weighted by atomic mass is 10.1. The van der Waals surface area contributed by atoms with Crippen LogP contribution in [0.3, 0.4) is 0 Å². The quantitative estimate of drug-likeness (QED) is 0.913. The fourth-order valence-corrected chi connectivity index (χ4v) is 3.36. The molecule has 2 aromatic rings. The molecule has 0 bridgehead atoms. The van der Waals surface area contributed by atoms with Crippen LogP contribution in [0.2, 0.25) is 0 Å². The van der Waals surface area contributed by atoms with Gasteiger partial charge in [-0.25, -0.2) is 8.42 Å². The molecule has 0 aromatic heterocycles. The Labute approximate surface area is 130 Å². The third-order valence-corrected chi connectivity index (χ3v) is 5.38. The lowest BCUT2D eigenvalue weighted by molar-refractivity contribution is 0.602. The van der Waals surface area contributed by atoms with Gasteiger partial charge in [0.1, 0.15) is 0 Å². The van der Waals surface area contributed by atoms with E-state index in [1.165, 1.54) is 6.26 Å². The highest BCUT2D eigenvalue weighted by Crippen LogP contribution is 2.29. The van der Waals surface area contributed by atoms with Crippen LogP contribution in [0.5, 0.6) is 0 Å². The van der Waals surface area contributed by atoms with Gasteiger partial charge in [-0.15, -0.1) is 0 Å². The van der Waals surface area contributed by atoms with Crippen molar-refractivity contribution in [3.8, 4) is 0 Å². The second-order valence-corrected chi connectivity index (χ2v) is 8.09. The summed E-state index contributed by atoms with van der Waals surface area (Å²) in [5.74, 6) is 0. The van der Waals surface area contributed by atoms with Gasteiger partial charge in [-0.2, -0.15) is 0 Å². The normalized spacial score (nSPS) is 13.1. The molecule has 21 heavy (non-hydrogen) atoms. The van der Waals surface area contributed by atoms with Crippen molar-refractivity contribution in [1.29, 1.82) is 0 Å². The molecule has 5 heteroatoms. The van der Waals surface area contributed by atoms with Gasteiger partial charge in [-0.05, 0) is 48.4 Å². The first-order chi connectivity index (χ1) is 9.90. The summed E-state index contributed by atoms with van der Waals surface area (Å²) in [7, 11) is -3.13. The molecule has 2 N–H and O–H groups in total. The second-order valence-electron chi connectivity index (χ2n) is 4.93. The highest BCUT2D eigenvalue weighted by Gasteiger charge is 2.07. The van der Waals surface area contributed by atoms with Gasteiger partial charge in [0.25, 0.3) is 0 Å². The van der Waals surface area contributed by atoms with Crippen LogP contribution in [0.15, 0.2) is 63.2 Å². The van der Waals surface area contributed by atoms with Crippen molar-refractivity contribution >= 4 is 21.6 Å². The van der Waals surface area contributed by atoms with Gasteiger partial charge in [0.05, 0.1) is 4.90 Å². The van der Waals surface area contributed by atoms with E-state index in [9.17, 15) is 8.42 Å². The van der Waals surface area contributed by atoms with E-state index >= 15 is 0 Å². The van der Waals surface area contributed by atoms with E-state index in [2.05, 4.69) is 6.92 Å². The Morgan fingerprint density at radius 1 is 1.00 bits per heavy atom. The van der Waals surface area contributed by atoms with Crippen LogP contribution in [0, 0.1) is 0 Å². The number of rotatable bonds is 5. The predicted molar refractivity (Wildman–Crippen MR) is 87.3 cm³/mol. The molecule has 0 saturated heterocycles. The number of sulfone groups is 1. The molecule has 2 aromatic carbocycles. The molecule has 0 fully saturated rings. The van der Waals surface area contributed by atoms with Crippen LogP contribution in [0.25, 0.3) is 0 Å². The zero-order valence-corrected chi connectivity index (χ0v) is 13.7. The molecule has 2 rings (SSSR count). The van der Waals surface area contributed by atoms with Crippen LogP contribution in [0.4, 0.5) is 0 Å². The Morgan fingerprint density at radius 3 is 1.90 bits per heavy atom. The van der Waals surface area contributed by atoms with Crippen molar-refractivity contribution in [1.82, 2.24) is 0 Å². The Morgan fingerprint density at radius 2 is 1.48 bits per heavy atom. The zero-order valence-electron chi connectivity index (χ0n) is 12.1. The van der Waals surface area contributed by atoms with Crippen LogP contribution in [-0.2, 0) is 9.84 Å². The van der Waals surface area contributed by atoms with Gasteiger partial charge < -0.3 is 5.73 Å². The molecule has 0 unspecified atom stereocenters. The van der Waals surface area contributed by atoms with Crippen LogP contribution in [0.1, 0.15) is 24.9 Å². The third kappa shape index (κ3) is 4.33. The SMILES string of the molecule is CC[C@H](N)c1ccc(Sc2ccc(S(C)(=O)=O)cc2)cc1. The first-order valence-corrected chi connectivity index (χ1v) is 9.44. The number of benzene rings is 2. The lowest BCUT2D eigenvalue weighted by Gasteiger charge is -2.09. The fourth-order valence-electron chi connectivity index (χ4n) is 1.91. The molecule has 0 spiro atoms. The van der Waals surface area contributed by atoms with E-state index in [0.29, 0.717) is 4.90 Å². The lowest BCUT2D eigenvalue weighted by Crippen LogP contribution is -2.07. The van der Waals surface area contributed by atoms with Crippen LogP contribution < -0.4 is 5.73 Å². The molecule has 0 aliphatic carbocycles. The maximum Gasteiger partial charge on any atom is 0.175 e. The maximum absolute atomic E-state index is 11.4. The zero-order chi connectivity index (χ0) is 15.5. The van der Waals surface area contributed by atoms with Gasteiger partial charge in [-0.1, -0.05) is 30.8 Å². The summed E-state index contributed by atoms with van der Waals surface area (Å²) in [4.78, 5) is 2.46. The van der Waals surface area contributed by atoms with Gasteiger partial charge >= 0.3 is 0 Å². The highest BCUT2D eigenvalue weighted by atomic mass is 32.2. The second kappa shape index (κ2) is 6.64. The minimum atomic E-state index is -3.13. The molecular formula is C16H19NO2S2. The number of nitrogens with two attached hydrogens (primary N) is 1. The number of hydrogen-bond donors (Lipinski definition) is 1. The smallest absolute Gasteiger partial charge is 0.175 e. The third-order valence-electron chi connectivity index (χ3n) is 3.24. The Balaban J connectivity index is 2.11. The molecule has 0 aliphatic rings. The predicted octanol–water partition coefficient (Wildman–Crippen LogP) is 3.65. The average Bonchev–Trinajstić information content (AvgIpc) is 2.47. The summed E-state index contributed by atoms with van der Waals surface area (Å²) in [6, 6.07) is 15.2. The Hall–Kier alpha value is -1.30. The molecule has 0 amide bonds. The molecule has 3 nitrogen and oxygen atoms in total. The maximum atomic E-state index is 11.4.